The van der Waals surface area contributed by atoms with Gasteiger partial charge in [-0.05, 0) is 10.8 Å². The molecule has 2 radical (unpaired) electrons. The first kappa shape index (κ1) is 7.49. The van der Waals surface area contributed by atoms with Gasteiger partial charge in [0.25, 0.3) is 0 Å². The number of rotatable bonds is 1. The van der Waals surface area contributed by atoms with Crippen LogP contribution in [0, 0.1) is 0 Å². The second kappa shape index (κ2) is 2.71. The van der Waals surface area contributed by atoms with Gasteiger partial charge in [0, 0.05) is 18.0 Å². The van der Waals surface area contributed by atoms with Crippen LogP contribution in [0.25, 0.3) is 10.1 Å². The highest BCUT2D eigenvalue weighted by Crippen LogP contribution is 2.18. The molecule has 2 rings (SSSR count). The second-order valence-electron chi connectivity index (χ2n) is 2.41. The molecule has 0 amide bonds. The smallest absolute Gasteiger partial charge is 0.152 e. The average Bonchev–Trinajstić information content (AvgIpc) is 2.48. The third kappa shape index (κ3) is 0.957. The largest absolute Gasteiger partial charge is 0.298 e. The average molecular weight is 173 g/mol. The van der Waals surface area contributed by atoms with Crippen LogP contribution in [0.5, 0.6) is 0 Å². The summed E-state index contributed by atoms with van der Waals surface area (Å²) in [5.41, 5.74) is 1.21. The molecule has 0 unspecified atom stereocenters. The Bertz CT molecular complexity index is 438. The molecular formula is C8H4BNOS. The zero-order valence-electron chi connectivity index (χ0n) is 6.15. The topological polar surface area (TPSA) is 30.0 Å². The lowest BCUT2D eigenvalue weighted by Crippen LogP contribution is -2.00. The number of thiophene rings is 1. The molecule has 2 nitrogen and oxygen atoms in total. The van der Waals surface area contributed by atoms with E-state index in [2.05, 4.69) is 4.98 Å². The van der Waals surface area contributed by atoms with Crippen molar-refractivity contribution in [2.75, 3.05) is 0 Å². The molecule has 4 heteroatoms. The molecule has 0 aliphatic heterocycles. The summed E-state index contributed by atoms with van der Waals surface area (Å²) < 4.78 is 0.956. The number of aldehydes is 1. The van der Waals surface area contributed by atoms with E-state index >= 15 is 0 Å². The fourth-order valence-corrected chi connectivity index (χ4v) is 1.98. The first-order valence-corrected chi connectivity index (χ1v) is 4.26. The Morgan fingerprint density at radius 1 is 1.50 bits per heavy atom. The Hall–Kier alpha value is -1.16. The summed E-state index contributed by atoms with van der Waals surface area (Å²) in [5, 5.41) is 2.64. The van der Waals surface area contributed by atoms with Crippen LogP contribution in [-0.4, -0.2) is 19.1 Å². The highest BCUT2D eigenvalue weighted by atomic mass is 32.1. The lowest BCUT2D eigenvalue weighted by Gasteiger charge is -1.94. The second-order valence-corrected chi connectivity index (χ2v) is 3.32. The van der Waals surface area contributed by atoms with Gasteiger partial charge in [-0.15, -0.1) is 11.3 Å². The fourth-order valence-electron chi connectivity index (χ4n) is 1.13. The monoisotopic (exact) mass is 173 g/mol. The summed E-state index contributed by atoms with van der Waals surface area (Å²) in [5.74, 6) is 0. The van der Waals surface area contributed by atoms with Crippen LogP contribution in [0.3, 0.4) is 0 Å². The molecule has 0 atom stereocenters. The minimum absolute atomic E-state index is 0.561. The van der Waals surface area contributed by atoms with Gasteiger partial charge in [0.2, 0.25) is 0 Å². The zero-order chi connectivity index (χ0) is 8.55. The van der Waals surface area contributed by atoms with E-state index in [1.807, 2.05) is 5.38 Å². The number of nitrogens with zero attached hydrogens (tertiary/aromatic N) is 1. The van der Waals surface area contributed by atoms with E-state index < -0.39 is 0 Å². The SMILES string of the molecule is [B]c1csc2cncc(C=O)c12. The molecular weight excluding hydrogens is 169 g/mol. The van der Waals surface area contributed by atoms with Crippen molar-refractivity contribution in [2.24, 2.45) is 0 Å². The Morgan fingerprint density at radius 2 is 2.33 bits per heavy atom. The number of pyridine rings is 1. The van der Waals surface area contributed by atoms with E-state index in [4.69, 9.17) is 7.85 Å². The highest BCUT2D eigenvalue weighted by Gasteiger charge is 2.04. The predicted octanol–water partition coefficient (Wildman–Crippen LogP) is 0.903. The third-order valence-corrected chi connectivity index (χ3v) is 2.60. The molecule has 0 spiro atoms. The maximum absolute atomic E-state index is 10.6. The van der Waals surface area contributed by atoms with Crippen LogP contribution in [0.4, 0.5) is 0 Å². The Kier molecular flexibility index (Phi) is 1.69. The minimum atomic E-state index is 0.561. The van der Waals surface area contributed by atoms with Crippen molar-refractivity contribution in [2.45, 2.75) is 0 Å². The number of fused-ring (bicyclic) bond motifs is 1. The lowest BCUT2D eigenvalue weighted by molar-refractivity contribution is 0.112. The zero-order valence-corrected chi connectivity index (χ0v) is 6.97. The minimum Gasteiger partial charge on any atom is -0.298 e. The van der Waals surface area contributed by atoms with Gasteiger partial charge in [-0.1, -0.05) is 5.46 Å². The van der Waals surface area contributed by atoms with E-state index in [0.717, 1.165) is 16.4 Å². The molecule has 0 saturated heterocycles. The number of hydrogen-bond acceptors (Lipinski definition) is 3. The van der Waals surface area contributed by atoms with Gasteiger partial charge in [0.1, 0.15) is 7.85 Å². The summed E-state index contributed by atoms with van der Waals surface area (Å²) in [4.78, 5) is 14.5. The molecule has 56 valence electrons. The van der Waals surface area contributed by atoms with Gasteiger partial charge in [-0.2, -0.15) is 0 Å². The van der Waals surface area contributed by atoms with Crippen LogP contribution in [0.1, 0.15) is 10.4 Å². The van der Waals surface area contributed by atoms with E-state index in [9.17, 15) is 4.79 Å². The number of aromatic nitrogens is 1. The Labute approximate surface area is 74.7 Å². The van der Waals surface area contributed by atoms with Gasteiger partial charge in [0.15, 0.2) is 6.29 Å². The molecule has 0 N–H and O–H groups in total. The number of carbonyl (C=O) groups is 1. The summed E-state index contributed by atoms with van der Waals surface area (Å²) in [7, 11) is 5.68. The maximum atomic E-state index is 10.6. The molecule has 0 bridgehead atoms. The van der Waals surface area contributed by atoms with Crippen molar-refractivity contribution < 1.29 is 4.79 Å². The van der Waals surface area contributed by atoms with Crippen molar-refractivity contribution in [1.82, 2.24) is 4.98 Å². The summed E-state index contributed by atoms with van der Waals surface area (Å²) in [6, 6.07) is 0. The van der Waals surface area contributed by atoms with Crippen molar-refractivity contribution in [3.8, 4) is 0 Å². The predicted molar refractivity (Wildman–Crippen MR) is 50.4 cm³/mol. The summed E-state index contributed by atoms with van der Waals surface area (Å²) in [6.07, 6.45) is 4.01. The van der Waals surface area contributed by atoms with E-state index in [0.29, 0.717) is 11.0 Å². The molecule has 2 heterocycles. The molecule has 2 aromatic heterocycles. The van der Waals surface area contributed by atoms with Crippen LogP contribution in [-0.2, 0) is 0 Å². The molecule has 0 aliphatic carbocycles. The molecule has 0 fully saturated rings. The Morgan fingerprint density at radius 3 is 3.08 bits per heavy atom. The van der Waals surface area contributed by atoms with Crippen LogP contribution in [0.15, 0.2) is 17.8 Å². The molecule has 2 aromatic rings. The van der Waals surface area contributed by atoms with Gasteiger partial charge in [-0.25, -0.2) is 0 Å². The van der Waals surface area contributed by atoms with Crippen LogP contribution < -0.4 is 5.46 Å². The third-order valence-electron chi connectivity index (χ3n) is 1.67. The van der Waals surface area contributed by atoms with E-state index in [-0.39, 0.29) is 0 Å². The normalized spacial score (nSPS) is 10.3. The lowest BCUT2D eigenvalue weighted by atomic mass is 9.94. The molecule has 0 aliphatic rings. The molecule has 0 aromatic carbocycles. The van der Waals surface area contributed by atoms with E-state index in [1.165, 1.54) is 17.5 Å². The van der Waals surface area contributed by atoms with E-state index in [1.54, 1.807) is 6.20 Å². The standard InChI is InChI=1S/C8H4BNOS/c9-6-4-12-7-2-10-1-5(3-11)8(6)7/h1-4H. The number of carbonyl (C=O) groups excluding carboxylic acids is 1. The maximum Gasteiger partial charge on any atom is 0.152 e. The van der Waals surface area contributed by atoms with Gasteiger partial charge in [0.05, 0.1) is 4.70 Å². The first-order chi connectivity index (χ1) is 5.83. The van der Waals surface area contributed by atoms with Crippen molar-refractivity contribution in [3.63, 3.8) is 0 Å². The first-order valence-electron chi connectivity index (χ1n) is 3.39. The van der Waals surface area contributed by atoms with Crippen molar-refractivity contribution in [3.05, 3.63) is 23.3 Å². The van der Waals surface area contributed by atoms with Crippen molar-refractivity contribution >= 4 is 41.0 Å². The highest BCUT2D eigenvalue weighted by molar-refractivity contribution is 7.18. The van der Waals surface area contributed by atoms with Gasteiger partial charge < -0.3 is 0 Å². The molecule has 0 saturated carbocycles. The fraction of sp³-hybridized carbons (Fsp3) is 0. The summed E-state index contributed by atoms with van der Waals surface area (Å²) >= 11 is 1.50. The van der Waals surface area contributed by atoms with Crippen LogP contribution in [0.2, 0.25) is 0 Å². The van der Waals surface area contributed by atoms with Gasteiger partial charge >= 0.3 is 0 Å². The number of hydrogen-bond donors (Lipinski definition) is 0. The summed E-state index contributed by atoms with van der Waals surface area (Å²) in [6.45, 7) is 0. The Balaban J connectivity index is 2.93. The quantitative estimate of drug-likeness (QED) is 0.473. The van der Waals surface area contributed by atoms with Gasteiger partial charge in [-0.3, -0.25) is 9.78 Å². The molecule has 12 heavy (non-hydrogen) atoms. The van der Waals surface area contributed by atoms with Crippen LogP contribution >= 0.6 is 11.3 Å². The van der Waals surface area contributed by atoms with Crippen molar-refractivity contribution in [1.29, 1.82) is 0 Å².